The third-order valence-corrected chi connectivity index (χ3v) is 2.41. The van der Waals surface area contributed by atoms with Gasteiger partial charge in [0.2, 0.25) is 0 Å². The van der Waals surface area contributed by atoms with Gasteiger partial charge in [-0.3, -0.25) is 0 Å². The lowest BCUT2D eigenvalue weighted by Gasteiger charge is -2.34. The Balaban J connectivity index is 3.92. The molecule has 0 aromatic heterocycles. The minimum absolute atomic E-state index is 0.0388. The Morgan fingerprint density at radius 3 is 2.06 bits per heavy atom. The van der Waals surface area contributed by atoms with Gasteiger partial charge in [-0.2, -0.15) is 0 Å². The van der Waals surface area contributed by atoms with Gasteiger partial charge in [-0.05, 0) is 39.5 Å². The summed E-state index contributed by atoms with van der Waals surface area (Å²) in [4.78, 5) is 0. The number of aliphatic hydroxyl groups excluding tert-OH is 1. The van der Waals surface area contributed by atoms with E-state index in [9.17, 15) is 5.11 Å². The standard InChI is InChI=1S/C14H31NO2/c1-11(2)17-9-12(16)8-15-14(6,7)10-13(3,4)5/h11-12,15-16H,8-10H2,1-7H3/t12-/m1/s1. The fourth-order valence-electron chi connectivity index (χ4n) is 2.14. The summed E-state index contributed by atoms with van der Waals surface area (Å²) in [6, 6.07) is 0. The average Bonchev–Trinajstić information content (AvgIpc) is 2.07. The van der Waals surface area contributed by atoms with Crippen LogP contribution in [0.1, 0.15) is 54.9 Å². The van der Waals surface area contributed by atoms with Gasteiger partial charge in [0.05, 0.1) is 18.8 Å². The molecule has 0 aliphatic rings. The van der Waals surface area contributed by atoms with Crippen LogP contribution < -0.4 is 5.32 Å². The predicted molar refractivity (Wildman–Crippen MR) is 73.2 cm³/mol. The maximum absolute atomic E-state index is 9.77. The Kier molecular flexibility index (Phi) is 6.67. The molecule has 17 heavy (non-hydrogen) atoms. The highest BCUT2D eigenvalue weighted by molar-refractivity contribution is 4.84. The molecule has 1 atom stereocenters. The van der Waals surface area contributed by atoms with Gasteiger partial charge >= 0.3 is 0 Å². The van der Waals surface area contributed by atoms with Crippen LogP contribution in [0.2, 0.25) is 0 Å². The second-order valence-electron chi connectivity index (χ2n) is 7.04. The predicted octanol–water partition coefficient (Wildman–Crippen LogP) is 2.58. The Hall–Kier alpha value is -0.120. The maximum Gasteiger partial charge on any atom is 0.0898 e. The monoisotopic (exact) mass is 245 g/mol. The van der Waals surface area contributed by atoms with Crippen LogP contribution in [-0.2, 0) is 4.74 Å². The zero-order valence-corrected chi connectivity index (χ0v) is 12.6. The van der Waals surface area contributed by atoms with Crippen LogP contribution in [0, 0.1) is 5.41 Å². The maximum atomic E-state index is 9.77. The van der Waals surface area contributed by atoms with E-state index in [1.165, 1.54) is 0 Å². The van der Waals surface area contributed by atoms with Gasteiger partial charge in [0, 0.05) is 12.1 Å². The third-order valence-electron chi connectivity index (χ3n) is 2.41. The fourth-order valence-corrected chi connectivity index (χ4v) is 2.14. The number of ether oxygens (including phenoxy) is 1. The van der Waals surface area contributed by atoms with Crippen LogP contribution in [0.15, 0.2) is 0 Å². The molecular weight excluding hydrogens is 214 g/mol. The number of hydrogen-bond acceptors (Lipinski definition) is 3. The lowest BCUT2D eigenvalue weighted by molar-refractivity contribution is 0.00319. The van der Waals surface area contributed by atoms with E-state index in [-0.39, 0.29) is 17.1 Å². The molecule has 0 fully saturated rings. The van der Waals surface area contributed by atoms with Crippen LogP contribution >= 0.6 is 0 Å². The molecule has 3 heteroatoms. The van der Waals surface area contributed by atoms with Crippen molar-refractivity contribution in [2.24, 2.45) is 5.41 Å². The highest BCUT2D eigenvalue weighted by atomic mass is 16.5. The first-order chi connectivity index (χ1) is 7.52. The van der Waals surface area contributed by atoms with Crippen molar-refractivity contribution in [1.29, 1.82) is 0 Å². The van der Waals surface area contributed by atoms with Gasteiger partial charge in [0.1, 0.15) is 0 Å². The molecule has 0 heterocycles. The van der Waals surface area contributed by atoms with Crippen molar-refractivity contribution in [3.63, 3.8) is 0 Å². The van der Waals surface area contributed by atoms with E-state index in [0.29, 0.717) is 13.2 Å². The smallest absolute Gasteiger partial charge is 0.0898 e. The van der Waals surface area contributed by atoms with Gasteiger partial charge in [0.25, 0.3) is 0 Å². The highest BCUT2D eigenvalue weighted by Crippen LogP contribution is 2.26. The first-order valence-corrected chi connectivity index (χ1v) is 6.56. The van der Waals surface area contributed by atoms with E-state index in [2.05, 4.69) is 39.9 Å². The lowest BCUT2D eigenvalue weighted by atomic mass is 9.82. The number of hydrogen-bond donors (Lipinski definition) is 2. The zero-order valence-electron chi connectivity index (χ0n) is 12.6. The molecule has 0 aromatic carbocycles. The summed E-state index contributed by atoms with van der Waals surface area (Å²) in [5.74, 6) is 0. The summed E-state index contributed by atoms with van der Waals surface area (Å²) in [6.45, 7) is 16.0. The Morgan fingerprint density at radius 1 is 1.12 bits per heavy atom. The van der Waals surface area contributed by atoms with Crippen molar-refractivity contribution in [3.8, 4) is 0 Å². The van der Waals surface area contributed by atoms with Crippen molar-refractivity contribution in [3.05, 3.63) is 0 Å². The van der Waals surface area contributed by atoms with Crippen molar-refractivity contribution < 1.29 is 9.84 Å². The van der Waals surface area contributed by atoms with Gasteiger partial charge in [0.15, 0.2) is 0 Å². The first kappa shape index (κ1) is 16.9. The van der Waals surface area contributed by atoms with Crippen LogP contribution in [0.25, 0.3) is 0 Å². The van der Waals surface area contributed by atoms with E-state index in [0.717, 1.165) is 6.42 Å². The van der Waals surface area contributed by atoms with E-state index in [1.807, 2.05) is 13.8 Å². The quantitative estimate of drug-likeness (QED) is 0.724. The van der Waals surface area contributed by atoms with E-state index in [1.54, 1.807) is 0 Å². The molecule has 0 aromatic rings. The number of nitrogens with one attached hydrogen (secondary N) is 1. The number of aliphatic hydroxyl groups is 1. The topological polar surface area (TPSA) is 41.5 Å². The fraction of sp³-hybridized carbons (Fsp3) is 1.00. The summed E-state index contributed by atoms with van der Waals surface area (Å²) in [7, 11) is 0. The largest absolute Gasteiger partial charge is 0.389 e. The van der Waals surface area contributed by atoms with Crippen molar-refractivity contribution in [2.45, 2.75) is 72.6 Å². The minimum atomic E-state index is -0.434. The summed E-state index contributed by atoms with van der Waals surface area (Å²) in [6.07, 6.45) is 0.807. The van der Waals surface area contributed by atoms with Gasteiger partial charge in [-0.25, -0.2) is 0 Å². The average molecular weight is 245 g/mol. The van der Waals surface area contributed by atoms with Gasteiger partial charge in [-0.1, -0.05) is 20.8 Å². The summed E-state index contributed by atoms with van der Waals surface area (Å²) in [5, 5.41) is 13.2. The van der Waals surface area contributed by atoms with E-state index >= 15 is 0 Å². The van der Waals surface area contributed by atoms with Crippen molar-refractivity contribution >= 4 is 0 Å². The molecule has 2 N–H and O–H groups in total. The van der Waals surface area contributed by atoms with E-state index in [4.69, 9.17) is 4.74 Å². The number of β-amino-alcohol motifs (C(OH)–C–C–N with tert-alkyl or cyclic N) is 1. The lowest BCUT2D eigenvalue weighted by Crippen LogP contribution is -2.46. The molecule has 0 aliphatic carbocycles. The van der Waals surface area contributed by atoms with Crippen LogP contribution in [0.4, 0.5) is 0 Å². The molecule has 0 rings (SSSR count). The molecule has 0 radical (unpaired) electrons. The number of rotatable bonds is 7. The molecule has 0 unspecified atom stereocenters. The van der Waals surface area contributed by atoms with Crippen LogP contribution in [0.3, 0.4) is 0 Å². The molecule has 0 bridgehead atoms. The summed E-state index contributed by atoms with van der Waals surface area (Å²) < 4.78 is 5.38. The molecule has 0 amide bonds. The molecule has 104 valence electrons. The molecule has 0 saturated heterocycles. The second kappa shape index (κ2) is 6.72. The Labute approximate surface area is 107 Å². The summed E-state index contributed by atoms with van der Waals surface area (Å²) >= 11 is 0. The normalized spacial score (nSPS) is 15.4. The molecular formula is C14H31NO2. The molecule has 0 saturated carbocycles. The molecule has 0 aliphatic heterocycles. The Bertz CT molecular complexity index is 207. The zero-order chi connectivity index (χ0) is 13.7. The second-order valence-corrected chi connectivity index (χ2v) is 7.04. The van der Waals surface area contributed by atoms with Crippen molar-refractivity contribution in [2.75, 3.05) is 13.2 Å². The summed E-state index contributed by atoms with van der Waals surface area (Å²) in [5.41, 5.74) is 0.326. The van der Waals surface area contributed by atoms with Crippen LogP contribution in [0.5, 0.6) is 0 Å². The molecule has 3 nitrogen and oxygen atoms in total. The molecule has 0 spiro atoms. The van der Waals surface area contributed by atoms with Gasteiger partial charge < -0.3 is 15.2 Å². The highest BCUT2D eigenvalue weighted by Gasteiger charge is 2.25. The van der Waals surface area contributed by atoms with Crippen LogP contribution in [-0.4, -0.2) is 36.0 Å². The first-order valence-electron chi connectivity index (χ1n) is 6.56. The Morgan fingerprint density at radius 2 is 1.65 bits per heavy atom. The van der Waals surface area contributed by atoms with E-state index < -0.39 is 6.10 Å². The van der Waals surface area contributed by atoms with Crippen molar-refractivity contribution in [1.82, 2.24) is 5.32 Å². The minimum Gasteiger partial charge on any atom is -0.389 e. The SMILES string of the molecule is CC(C)OC[C@H](O)CNC(C)(C)CC(C)(C)C. The van der Waals surface area contributed by atoms with Gasteiger partial charge in [-0.15, -0.1) is 0 Å². The third kappa shape index (κ3) is 10.7.